The van der Waals surface area contributed by atoms with Gasteiger partial charge in [0.25, 0.3) is 0 Å². The summed E-state index contributed by atoms with van der Waals surface area (Å²) in [6.45, 7) is 10.8. The van der Waals surface area contributed by atoms with E-state index >= 15 is 0 Å². The summed E-state index contributed by atoms with van der Waals surface area (Å²) in [6, 6.07) is 0. The van der Waals surface area contributed by atoms with E-state index in [1.54, 1.807) is 0 Å². The topological polar surface area (TPSA) is 38.5 Å². The summed E-state index contributed by atoms with van der Waals surface area (Å²) in [5.74, 6) is 0.948. The van der Waals surface area contributed by atoms with Crippen LogP contribution in [0.1, 0.15) is 59.3 Å². The van der Waals surface area contributed by atoms with Crippen molar-refractivity contribution < 1.29 is 4.74 Å². The molecule has 3 nitrogen and oxygen atoms in total. The van der Waals surface area contributed by atoms with Gasteiger partial charge >= 0.3 is 0 Å². The quantitative estimate of drug-likeness (QED) is 0.852. The molecular formula is C16H32N2O. The van der Waals surface area contributed by atoms with E-state index in [9.17, 15) is 0 Å². The summed E-state index contributed by atoms with van der Waals surface area (Å²) < 4.78 is 5.89. The molecule has 0 radical (unpaired) electrons. The Kier molecular flexibility index (Phi) is 4.91. The van der Waals surface area contributed by atoms with Crippen LogP contribution in [0.2, 0.25) is 0 Å². The molecule has 2 heterocycles. The maximum atomic E-state index is 6.19. The molecule has 0 bridgehead atoms. The van der Waals surface area contributed by atoms with E-state index in [0.29, 0.717) is 0 Å². The Morgan fingerprint density at radius 1 is 1.26 bits per heavy atom. The molecule has 3 heteroatoms. The van der Waals surface area contributed by atoms with Gasteiger partial charge in [0.05, 0.1) is 5.60 Å². The summed E-state index contributed by atoms with van der Waals surface area (Å²) in [5.41, 5.74) is 6.36. The Bertz CT molecular complexity index is 284. The van der Waals surface area contributed by atoms with Gasteiger partial charge in [-0.25, -0.2) is 0 Å². The highest BCUT2D eigenvalue weighted by molar-refractivity contribution is 5.00. The minimum absolute atomic E-state index is 0.0160. The van der Waals surface area contributed by atoms with Crippen molar-refractivity contribution in [3.63, 3.8) is 0 Å². The van der Waals surface area contributed by atoms with E-state index < -0.39 is 0 Å². The number of ether oxygens (including phenoxy) is 1. The second-order valence-corrected chi connectivity index (χ2v) is 7.18. The molecule has 0 saturated carbocycles. The Morgan fingerprint density at radius 2 is 1.95 bits per heavy atom. The Balaban J connectivity index is 1.98. The van der Waals surface area contributed by atoms with Crippen LogP contribution in [0, 0.1) is 5.92 Å². The Labute approximate surface area is 118 Å². The van der Waals surface area contributed by atoms with E-state index in [2.05, 4.69) is 25.7 Å². The normalized spacial score (nSPS) is 33.5. The fourth-order valence-corrected chi connectivity index (χ4v) is 4.13. The van der Waals surface area contributed by atoms with Crippen molar-refractivity contribution in [2.24, 2.45) is 11.7 Å². The minimum Gasteiger partial charge on any atom is -0.375 e. The number of nitrogens with two attached hydrogens (primary N) is 1. The molecule has 2 rings (SSSR count). The van der Waals surface area contributed by atoms with Gasteiger partial charge in [-0.2, -0.15) is 0 Å². The van der Waals surface area contributed by atoms with Crippen LogP contribution in [0.25, 0.3) is 0 Å². The monoisotopic (exact) mass is 268 g/mol. The van der Waals surface area contributed by atoms with Gasteiger partial charge in [-0.05, 0) is 58.5 Å². The lowest BCUT2D eigenvalue weighted by Gasteiger charge is -2.52. The number of hydrogen-bond donors (Lipinski definition) is 1. The van der Waals surface area contributed by atoms with Crippen LogP contribution in [-0.2, 0) is 4.74 Å². The SMILES string of the molecule is CCCC1CCN(C2(CN)CCOC(C)(C)C2)CC1. The van der Waals surface area contributed by atoms with Crippen LogP contribution in [0.5, 0.6) is 0 Å². The molecule has 19 heavy (non-hydrogen) atoms. The molecule has 2 saturated heterocycles. The summed E-state index contributed by atoms with van der Waals surface area (Å²) in [4.78, 5) is 2.68. The number of hydrogen-bond acceptors (Lipinski definition) is 3. The van der Waals surface area contributed by atoms with Gasteiger partial charge in [0.15, 0.2) is 0 Å². The maximum absolute atomic E-state index is 6.19. The van der Waals surface area contributed by atoms with Gasteiger partial charge in [-0.15, -0.1) is 0 Å². The third-order valence-corrected chi connectivity index (χ3v) is 5.18. The first-order chi connectivity index (χ1) is 9.01. The molecule has 1 unspecified atom stereocenters. The zero-order chi connectivity index (χ0) is 13.9. The molecule has 1 atom stereocenters. The van der Waals surface area contributed by atoms with Gasteiger partial charge in [0.2, 0.25) is 0 Å². The highest BCUT2D eigenvalue weighted by atomic mass is 16.5. The highest BCUT2D eigenvalue weighted by Crippen LogP contribution is 2.38. The predicted molar refractivity (Wildman–Crippen MR) is 80.3 cm³/mol. The largest absolute Gasteiger partial charge is 0.375 e. The van der Waals surface area contributed by atoms with Crippen LogP contribution in [-0.4, -0.2) is 42.3 Å². The molecule has 0 spiro atoms. The fraction of sp³-hybridized carbons (Fsp3) is 1.00. The first kappa shape index (κ1) is 15.3. The Morgan fingerprint density at radius 3 is 2.47 bits per heavy atom. The third kappa shape index (κ3) is 3.50. The van der Waals surface area contributed by atoms with Crippen molar-refractivity contribution in [2.75, 3.05) is 26.2 Å². The lowest BCUT2D eigenvalue weighted by atomic mass is 9.78. The molecule has 0 amide bonds. The first-order valence-electron chi connectivity index (χ1n) is 8.10. The van der Waals surface area contributed by atoms with Crippen LogP contribution in [0.4, 0.5) is 0 Å². The molecule has 2 N–H and O–H groups in total. The van der Waals surface area contributed by atoms with Crippen molar-refractivity contribution >= 4 is 0 Å². The Hall–Kier alpha value is -0.120. The van der Waals surface area contributed by atoms with Gasteiger partial charge in [-0.1, -0.05) is 19.8 Å². The summed E-state index contributed by atoms with van der Waals surface area (Å²) in [7, 11) is 0. The van der Waals surface area contributed by atoms with E-state index in [1.165, 1.54) is 38.8 Å². The molecule has 2 fully saturated rings. The lowest BCUT2D eigenvalue weighted by Crippen LogP contribution is -2.62. The minimum atomic E-state index is -0.0160. The van der Waals surface area contributed by atoms with Crippen molar-refractivity contribution in [3.8, 4) is 0 Å². The van der Waals surface area contributed by atoms with E-state index in [0.717, 1.165) is 31.9 Å². The molecule has 2 aliphatic rings. The van der Waals surface area contributed by atoms with Crippen LogP contribution in [0.3, 0.4) is 0 Å². The molecule has 0 aliphatic carbocycles. The van der Waals surface area contributed by atoms with Crippen molar-refractivity contribution in [1.29, 1.82) is 0 Å². The summed E-state index contributed by atoms with van der Waals surface area (Å²) in [6.07, 6.45) is 7.62. The molecule has 0 aromatic heterocycles. The second kappa shape index (κ2) is 6.11. The van der Waals surface area contributed by atoms with Gasteiger partial charge < -0.3 is 10.5 Å². The molecule has 0 aromatic carbocycles. The molecule has 0 aromatic rings. The third-order valence-electron chi connectivity index (χ3n) is 5.18. The van der Waals surface area contributed by atoms with Crippen molar-refractivity contribution in [3.05, 3.63) is 0 Å². The highest BCUT2D eigenvalue weighted by Gasteiger charge is 2.44. The van der Waals surface area contributed by atoms with Crippen molar-refractivity contribution in [2.45, 2.75) is 70.4 Å². The van der Waals surface area contributed by atoms with Crippen LogP contribution >= 0.6 is 0 Å². The van der Waals surface area contributed by atoms with Gasteiger partial charge in [-0.3, -0.25) is 4.90 Å². The zero-order valence-electron chi connectivity index (χ0n) is 13.1. The van der Waals surface area contributed by atoms with Gasteiger partial charge in [0, 0.05) is 18.7 Å². The maximum Gasteiger partial charge on any atom is 0.0644 e. The summed E-state index contributed by atoms with van der Waals surface area (Å²) >= 11 is 0. The standard InChI is InChI=1S/C16H32N2O/c1-4-5-14-6-9-18(10-7-14)16(13-17)8-11-19-15(2,3)12-16/h14H,4-13,17H2,1-3H3. The number of rotatable bonds is 4. The molecule has 2 aliphatic heterocycles. The average molecular weight is 268 g/mol. The van der Waals surface area contributed by atoms with Crippen molar-refractivity contribution in [1.82, 2.24) is 4.90 Å². The van der Waals surface area contributed by atoms with E-state index in [4.69, 9.17) is 10.5 Å². The van der Waals surface area contributed by atoms with E-state index in [-0.39, 0.29) is 11.1 Å². The first-order valence-corrected chi connectivity index (χ1v) is 8.10. The number of likely N-dealkylation sites (tertiary alicyclic amines) is 1. The average Bonchev–Trinajstić information content (AvgIpc) is 2.38. The number of piperidine rings is 1. The second-order valence-electron chi connectivity index (χ2n) is 7.18. The fourth-order valence-electron chi connectivity index (χ4n) is 4.13. The lowest BCUT2D eigenvalue weighted by molar-refractivity contribution is -0.123. The predicted octanol–water partition coefficient (Wildman–Crippen LogP) is 2.79. The summed E-state index contributed by atoms with van der Waals surface area (Å²) in [5, 5.41) is 0. The number of nitrogens with zero attached hydrogens (tertiary/aromatic N) is 1. The molecule has 112 valence electrons. The van der Waals surface area contributed by atoms with Gasteiger partial charge in [0.1, 0.15) is 0 Å². The van der Waals surface area contributed by atoms with Crippen LogP contribution in [0.15, 0.2) is 0 Å². The zero-order valence-corrected chi connectivity index (χ0v) is 13.1. The van der Waals surface area contributed by atoms with Crippen LogP contribution < -0.4 is 5.73 Å². The molecular weight excluding hydrogens is 236 g/mol. The van der Waals surface area contributed by atoms with E-state index in [1.807, 2.05) is 0 Å². The smallest absolute Gasteiger partial charge is 0.0644 e.